The molecule has 2 atom stereocenters. The number of rotatable bonds is 5. The third-order valence-corrected chi connectivity index (χ3v) is 6.10. The summed E-state index contributed by atoms with van der Waals surface area (Å²) in [6.07, 6.45) is 0.830. The first-order chi connectivity index (χ1) is 13.8. The summed E-state index contributed by atoms with van der Waals surface area (Å²) >= 11 is 6.27. The number of piperazine rings is 1. The minimum atomic E-state index is -0.184. The van der Waals surface area contributed by atoms with E-state index in [2.05, 4.69) is 45.7 Å². The maximum absolute atomic E-state index is 13.0. The number of carbonyl (C=O) groups is 1. The van der Waals surface area contributed by atoms with Crippen molar-refractivity contribution >= 4 is 34.6 Å². The predicted molar refractivity (Wildman–Crippen MR) is 116 cm³/mol. The van der Waals surface area contributed by atoms with Crippen molar-refractivity contribution in [1.82, 2.24) is 20.1 Å². The Kier molecular flexibility index (Phi) is 5.55. The van der Waals surface area contributed by atoms with Crippen molar-refractivity contribution in [3.63, 3.8) is 0 Å². The summed E-state index contributed by atoms with van der Waals surface area (Å²) in [6, 6.07) is 4.25. The van der Waals surface area contributed by atoms with E-state index in [4.69, 9.17) is 16.0 Å². The van der Waals surface area contributed by atoms with Gasteiger partial charge in [0.15, 0.2) is 5.58 Å². The fourth-order valence-corrected chi connectivity index (χ4v) is 4.28. The molecule has 4 rings (SSSR count). The van der Waals surface area contributed by atoms with E-state index in [0.29, 0.717) is 33.7 Å². The predicted octanol–water partition coefficient (Wildman–Crippen LogP) is 2.61. The standard InChI is InChI=1S/C21H28ClN5O2/c1-13-12-26(4)17(13)9-14(2)23-20(28)16-10-15(22)11-18-19(16)24-21(29-18)27-7-5-25(3)6-8-27/h10-11,14,17H,1,5-9,12H2,2-4H3,(H,23,28). The lowest BCUT2D eigenvalue weighted by Crippen LogP contribution is -2.50. The summed E-state index contributed by atoms with van der Waals surface area (Å²) < 4.78 is 5.95. The van der Waals surface area contributed by atoms with Crippen LogP contribution in [0.1, 0.15) is 23.7 Å². The number of nitrogens with zero attached hydrogens (tertiary/aromatic N) is 4. The third-order valence-electron chi connectivity index (χ3n) is 5.88. The number of likely N-dealkylation sites (N-methyl/N-ethyl adjacent to an activating group) is 2. The second kappa shape index (κ2) is 7.97. The fourth-order valence-electron chi connectivity index (χ4n) is 4.07. The van der Waals surface area contributed by atoms with E-state index < -0.39 is 0 Å². The molecule has 2 aliphatic rings. The maximum atomic E-state index is 13.0. The summed E-state index contributed by atoms with van der Waals surface area (Å²) in [6.45, 7) is 10.6. The summed E-state index contributed by atoms with van der Waals surface area (Å²) in [5, 5.41) is 3.54. The Balaban J connectivity index is 1.53. The third kappa shape index (κ3) is 4.13. The Labute approximate surface area is 176 Å². The van der Waals surface area contributed by atoms with Crippen LogP contribution >= 0.6 is 11.6 Å². The first-order valence-corrected chi connectivity index (χ1v) is 10.4. The lowest BCUT2D eigenvalue weighted by atomic mass is 9.92. The number of likely N-dealkylation sites (tertiary alicyclic amines) is 1. The number of hydrogen-bond donors (Lipinski definition) is 1. The highest BCUT2D eigenvalue weighted by molar-refractivity contribution is 6.32. The first kappa shape index (κ1) is 20.2. The van der Waals surface area contributed by atoms with Crippen molar-refractivity contribution in [2.45, 2.75) is 25.4 Å². The minimum Gasteiger partial charge on any atom is -0.423 e. The molecule has 2 aliphatic heterocycles. The molecule has 0 saturated carbocycles. The maximum Gasteiger partial charge on any atom is 0.298 e. The number of benzene rings is 1. The number of fused-ring (bicyclic) bond motifs is 1. The van der Waals surface area contributed by atoms with E-state index in [1.165, 1.54) is 5.57 Å². The molecule has 156 valence electrons. The number of amides is 1. The van der Waals surface area contributed by atoms with Crippen LogP contribution in [0.5, 0.6) is 0 Å². The molecular formula is C21H28ClN5O2. The Morgan fingerprint density at radius 1 is 1.34 bits per heavy atom. The van der Waals surface area contributed by atoms with Crippen LogP contribution in [-0.2, 0) is 0 Å². The molecule has 1 aromatic heterocycles. The number of carbonyl (C=O) groups excluding carboxylic acids is 1. The number of oxazole rings is 1. The van der Waals surface area contributed by atoms with Crippen LogP contribution < -0.4 is 10.2 Å². The summed E-state index contributed by atoms with van der Waals surface area (Å²) in [7, 11) is 4.17. The van der Waals surface area contributed by atoms with E-state index in [1.807, 2.05) is 6.92 Å². The van der Waals surface area contributed by atoms with Gasteiger partial charge < -0.3 is 19.5 Å². The van der Waals surface area contributed by atoms with Gasteiger partial charge in [0, 0.05) is 55.9 Å². The lowest BCUT2D eigenvalue weighted by Gasteiger charge is -2.41. The summed E-state index contributed by atoms with van der Waals surface area (Å²) in [4.78, 5) is 24.2. The summed E-state index contributed by atoms with van der Waals surface area (Å²) in [5.41, 5.74) is 2.76. The average molecular weight is 418 g/mol. The SMILES string of the molecule is C=C1CN(C)C1CC(C)NC(=O)c1cc(Cl)cc2oc(N3CCN(C)CC3)nc12. The average Bonchev–Trinajstić information content (AvgIpc) is 3.10. The van der Waals surface area contributed by atoms with Gasteiger partial charge in [-0.2, -0.15) is 4.98 Å². The van der Waals surface area contributed by atoms with Crippen molar-refractivity contribution in [3.8, 4) is 0 Å². The normalized spacial score (nSPS) is 22.0. The largest absolute Gasteiger partial charge is 0.423 e. The Bertz CT molecular complexity index is 935. The molecular weight excluding hydrogens is 390 g/mol. The number of hydrogen-bond acceptors (Lipinski definition) is 6. The molecule has 0 bridgehead atoms. The first-order valence-electron chi connectivity index (χ1n) is 10.0. The minimum absolute atomic E-state index is 0.00466. The molecule has 2 fully saturated rings. The zero-order valence-corrected chi connectivity index (χ0v) is 18.0. The molecule has 2 aromatic rings. The zero-order chi connectivity index (χ0) is 20.7. The lowest BCUT2D eigenvalue weighted by molar-refractivity contribution is 0.0927. The van der Waals surface area contributed by atoms with Gasteiger partial charge in [-0.3, -0.25) is 9.69 Å². The van der Waals surface area contributed by atoms with Gasteiger partial charge in [-0.15, -0.1) is 0 Å². The van der Waals surface area contributed by atoms with E-state index in [-0.39, 0.29) is 11.9 Å². The second-order valence-electron chi connectivity index (χ2n) is 8.29. The molecule has 1 amide bonds. The van der Waals surface area contributed by atoms with Gasteiger partial charge in [0.25, 0.3) is 11.9 Å². The van der Waals surface area contributed by atoms with Crippen molar-refractivity contribution in [2.24, 2.45) is 0 Å². The molecule has 8 heteroatoms. The van der Waals surface area contributed by atoms with Gasteiger partial charge >= 0.3 is 0 Å². The number of aromatic nitrogens is 1. The number of anilines is 1. The molecule has 2 unspecified atom stereocenters. The zero-order valence-electron chi connectivity index (χ0n) is 17.2. The van der Waals surface area contributed by atoms with Crippen LogP contribution in [0.3, 0.4) is 0 Å². The molecule has 3 heterocycles. The molecule has 1 aromatic carbocycles. The molecule has 2 saturated heterocycles. The van der Waals surface area contributed by atoms with Crippen molar-refractivity contribution in [1.29, 1.82) is 0 Å². The fraction of sp³-hybridized carbons (Fsp3) is 0.524. The molecule has 7 nitrogen and oxygen atoms in total. The van der Waals surface area contributed by atoms with E-state index >= 15 is 0 Å². The van der Waals surface area contributed by atoms with E-state index in [9.17, 15) is 4.79 Å². The highest BCUT2D eigenvalue weighted by Crippen LogP contribution is 2.29. The number of halogens is 1. The van der Waals surface area contributed by atoms with Gasteiger partial charge in [0.1, 0.15) is 5.52 Å². The van der Waals surface area contributed by atoms with Crippen molar-refractivity contribution in [2.75, 3.05) is 51.7 Å². The summed E-state index contributed by atoms with van der Waals surface area (Å²) in [5.74, 6) is -0.184. The topological polar surface area (TPSA) is 64.9 Å². The van der Waals surface area contributed by atoms with Crippen LogP contribution in [0.25, 0.3) is 11.1 Å². The van der Waals surface area contributed by atoms with Crippen molar-refractivity contribution < 1.29 is 9.21 Å². The molecule has 1 N–H and O–H groups in total. The van der Waals surface area contributed by atoms with Crippen LogP contribution in [0.2, 0.25) is 5.02 Å². The van der Waals surface area contributed by atoms with Gasteiger partial charge in [-0.25, -0.2) is 0 Å². The Morgan fingerprint density at radius 2 is 2.07 bits per heavy atom. The van der Waals surface area contributed by atoms with Crippen LogP contribution in [0.15, 0.2) is 28.7 Å². The molecule has 0 aliphatic carbocycles. The van der Waals surface area contributed by atoms with Crippen molar-refractivity contribution in [3.05, 3.63) is 34.9 Å². The highest BCUT2D eigenvalue weighted by Gasteiger charge is 2.30. The van der Waals surface area contributed by atoms with E-state index in [1.54, 1.807) is 12.1 Å². The second-order valence-corrected chi connectivity index (χ2v) is 8.72. The van der Waals surface area contributed by atoms with Gasteiger partial charge in [0.2, 0.25) is 0 Å². The Hall–Kier alpha value is -2.09. The highest BCUT2D eigenvalue weighted by atomic mass is 35.5. The van der Waals surface area contributed by atoms with Gasteiger partial charge in [-0.1, -0.05) is 18.2 Å². The Morgan fingerprint density at radius 3 is 2.72 bits per heavy atom. The number of nitrogens with one attached hydrogen (secondary N) is 1. The van der Waals surface area contributed by atoms with Crippen LogP contribution in [-0.4, -0.2) is 79.6 Å². The van der Waals surface area contributed by atoms with Gasteiger partial charge in [-0.05, 0) is 39.1 Å². The smallest absolute Gasteiger partial charge is 0.298 e. The quantitative estimate of drug-likeness (QED) is 0.754. The monoisotopic (exact) mass is 417 g/mol. The molecule has 0 spiro atoms. The van der Waals surface area contributed by atoms with Crippen LogP contribution in [0, 0.1) is 0 Å². The molecule has 29 heavy (non-hydrogen) atoms. The molecule has 0 radical (unpaired) electrons. The van der Waals surface area contributed by atoms with E-state index in [0.717, 1.165) is 39.1 Å². The van der Waals surface area contributed by atoms with Gasteiger partial charge in [0.05, 0.1) is 5.56 Å². The van der Waals surface area contributed by atoms with Crippen LogP contribution in [0.4, 0.5) is 6.01 Å².